The van der Waals surface area contributed by atoms with E-state index in [4.69, 9.17) is 0 Å². The third-order valence-corrected chi connectivity index (χ3v) is 9.91. The average molecular weight is 735 g/mol. The van der Waals surface area contributed by atoms with Crippen molar-refractivity contribution >= 4 is 92.5 Å². The zero-order valence-corrected chi connectivity index (χ0v) is 29.7. The van der Waals surface area contributed by atoms with Crippen LogP contribution in [0.2, 0.25) is 0 Å². The summed E-state index contributed by atoms with van der Waals surface area (Å²) in [5.41, 5.74) is 11.2. The fraction of sp³-hybridized carbons (Fsp3) is 0.125. The van der Waals surface area contributed by atoms with Gasteiger partial charge in [-0.2, -0.15) is 0 Å². The summed E-state index contributed by atoms with van der Waals surface area (Å²) < 4.78 is 48.8. The summed E-state index contributed by atoms with van der Waals surface area (Å²) in [5, 5.41) is 20.5. The van der Waals surface area contributed by atoms with Gasteiger partial charge in [0.25, 0.3) is 11.8 Å². The fourth-order valence-corrected chi connectivity index (χ4v) is 6.49. The summed E-state index contributed by atoms with van der Waals surface area (Å²) in [6, 6.07) is 29.6. The minimum atomic E-state index is -3.34. The Hall–Kier alpha value is -4.48. The van der Waals surface area contributed by atoms with Crippen LogP contribution in [0.25, 0.3) is 0 Å². The van der Waals surface area contributed by atoms with Crippen molar-refractivity contribution in [2.75, 3.05) is 22.4 Å². The minimum Gasteiger partial charge on any atom is -0.540 e. The molecule has 0 aliphatic carbocycles. The van der Waals surface area contributed by atoms with Gasteiger partial charge in [0.1, 0.15) is 11.9 Å². The first-order valence-corrected chi connectivity index (χ1v) is 17.4. The second kappa shape index (κ2) is 19.5. The normalized spacial score (nSPS) is 10.6. The molecule has 0 fully saturated rings. The number of hydrogen-bond donors (Lipinski definition) is 4. The summed E-state index contributed by atoms with van der Waals surface area (Å²) in [6.07, 6.45) is 0.672. The Morgan fingerprint density at radius 2 is 0.796 bits per heavy atom. The average Bonchev–Trinajstić information content (AvgIpc) is 3.09. The van der Waals surface area contributed by atoms with E-state index in [1.807, 2.05) is 10.9 Å². The molecule has 0 aromatic heterocycles. The van der Waals surface area contributed by atoms with Gasteiger partial charge in [-0.15, -0.1) is 0 Å². The van der Waals surface area contributed by atoms with E-state index >= 15 is 0 Å². The number of hydrogen-bond acceptors (Lipinski definition) is 12. The van der Waals surface area contributed by atoms with E-state index in [-0.39, 0.29) is 59.0 Å². The number of anilines is 2. The van der Waals surface area contributed by atoms with E-state index in [1.54, 1.807) is 109 Å². The second-order valence-corrected chi connectivity index (χ2v) is 14.1. The molecule has 0 aliphatic rings. The fourth-order valence-electron chi connectivity index (χ4n) is 3.87. The number of carbonyl (C=O) groups excluding carboxylic acids is 4. The zero-order valence-electron chi connectivity index (χ0n) is 25.8. The van der Waals surface area contributed by atoms with Gasteiger partial charge in [-0.25, -0.2) is 16.8 Å². The van der Waals surface area contributed by atoms with Gasteiger partial charge in [-0.1, -0.05) is 60.7 Å². The molecule has 0 spiro atoms. The molecule has 252 valence electrons. The van der Waals surface area contributed by atoms with Gasteiger partial charge in [0, 0.05) is 0 Å². The number of aryl methyl sites for hydroxylation is 2. The Bertz CT molecular complexity index is 1780. The number of carboxylic acid groups (broad SMARTS) is 2. The predicted molar refractivity (Wildman–Crippen MR) is 177 cm³/mol. The van der Waals surface area contributed by atoms with Crippen LogP contribution in [0.1, 0.15) is 11.1 Å². The number of benzene rings is 4. The van der Waals surface area contributed by atoms with E-state index < -0.39 is 43.4 Å². The van der Waals surface area contributed by atoms with Gasteiger partial charge in [0.2, 0.25) is 0 Å². The molecule has 4 aromatic rings. The van der Waals surface area contributed by atoms with Crippen molar-refractivity contribution in [1.82, 2.24) is 10.9 Å². The summed E-state index contributed by atoms with van der Waals surface area (Å²) in [4.78, 5) is 42.7. The van der Waals surface area contributed by atoms with E-state index in [1.165, 1.54) is 0 Å². The molecule has 0 unspecified atom stereocenters. The molecule has 0 heterocycles. The SMILES string of the molecule is O=C([O-])C(=O)NNc1ccc(CCS(=O)(=O)c2ccccc2)cc1.O=C([O-])C(=O)NNc1ccc(CCS(=O)(=O)c2ccccc2)cc1.[Ca+2]. The van der Waals surface area contributed by atoms with Crippen LogP contribution in [0.5, 0.6) is 0 Å². The number of carbonyl (C=O) groups is 4. The first-order chi connectivity index (χ1) is 22.8. The molecule has 4 N–H and O–H groups in total. The maximum Gasteiger partial charge on any atom is 2.00 e. The maximum absolute atomic E-state index is 12.2. The summed E-state index contributed by atoms with van der Waals surface area (Å²) >= 11 is 0. The maximum atomic E-state index is 12.2. The predicted octanol–water partition coefficient (Wildman–Crippen LogP) is -0.589. The van der Waals surface area contributed by atoms with Crippen LogP contribution in [-0.4, -0.2) is 89.8 Å². The van der Waals surface area contributed by atoms with E-state index in [0.717, 1.165) is 11.1 Å². The number of aliphatic carboxylic acids is 2. The molecule has 14 nitrogen and oxygen atoms in total. The van der Waals surface area contributed by atoms with Crippen molar-refractivity contribution in [3.05, 3.63) is 120 Å². The molecule has 49 heavy (non-hydrogen) atoms. The Balaban J connectivity index is 0.000000333. The molecule has 2 amide bonds. The Morgan fingerprint density at radius 1 is 0.490 bits per heavy atom. The summed E-state index contributed by atoms with van der Waals surface area (Å²) in [5.74, 6) is -6.30. The van der Waals surface area contributed by atoms with Crippen molar-refractivity contribution in [2.45, 2.75) is 22.6 Å². The standard InChI is InChI=1S/2C16H16N2O5S.Ca/c2*19-15(16(20)21)18-17-13-8-6-12(7-9-13)10-11-24(22,23)14-4-2-1-3-5-14;/h2*1-9,17H,10-11H2,(H,18,19)(H,20,21);/q;;+2/p-2. The molecule has 0 saturated carbocycles. The first kappa shape index (κ1) is 40.7. The van der Waals surface area contributed by atoms with Crippen molar-refractivity contribution in [1.29, 1.82) is 0 Å². The minimum absolute atomic E-state index is 0. The van der Waals surface area contributed by atoms with Crippen molar-refractivity contribution in [3.63, 3.8) is 0 Å². The van der Waals surface area contributed by atoms with E-state index in [2.05, 4.69) is 10.9 Å². The van der Waals surface area contributed by atoms with Gasteiger partial charge in [-0.3, -0.25) is 31.3 Å². The topological polar surface area (TPSA) is 231 Å². The summed E-state index contributed by atoms with van der Waals surface area (Å²) in [6.45, 7) is 0. The van der Waals surface area contributed by atoms with Crippen molar-refractivity contribution in [3.8, 4) is 0 Å². The van der Waals surface area contributed by atoms with Gasteiger partial charge in [0.05, 0.1) is 32.7 Å². The number of rotatable bonds is 12. The van der Waals surface area contributed by atoms with Crippen molar-refractivity contribution < 1.29 is 46.2 Å². The first-order valence-electron chi connectivity index (χ1n) is 14.0. The summed E-state index contributed by atoms with van der Waals surface area (Å²) in [7, 11) is -6.69. The number of amides is 2. The van der Waals surface area contributed by atoms with Crippen LogP contribution < -0.4 is 31.9 Å². The molecule has 0 aliphatic heterocycles. The molecular formula is C32H30CaN4O10S2. The van der Waals surface area contributed by atoms with Gasteiger partial charge in [0.15, 0.2) is 19.7 Å². The third kappa shape index (κ3) is 13.9. The quantitative estimate of drug-likeness (QED) is 0.0813. The monoisotopic (exact) mass is 734 g/mol. The second-order valence-electron chi connectivity index (χ2n) is 9.89. The van der Waals surface area contributed by atoms with E-state index in [0.29, 0.717) is 24.2 Å². The van der Waals surface area contributed by atoms with Crippen LogP contribution in [0.3, 0.4) is 0 Å². The molecule has 0 bridgehead atoms. The van der Waals surface area contributed by atoms with Crippen LogP contribution >= 0.6 is 0 Å². The van der Waals surface area contributed by atoms with Gasteiger partial charge in [-0.05, 0) is 72.5 Å². The molecule has 4 rings (SSSR count). The van der Waals surface area contributed by atoms with Crippen LogP contribution in [-0.2, 0) is 51.7 Å². The molecular weight excluding hydrogens is 705 g/mol. The molecule has 17 heteroatoms. The van der Waals surface area contributed by atoms with Crippen LogP contribution in [0.4, 0.5) is 11.4 Å². The number of sulfone groups is 2. The van der Waals surface area contributed by atoms with Crippen LogP contribution in [0.15, 0.2) is 119 Å². The molecule has 0 radical (unpaired) electrons. The third-order valence-electron chi connectivity index (χ3n) is 6.44. The number of nitrogens with one attached hydrogen (secondary N) is 4. The molecule has 0 atom stereocenters. The van der Waals surface area contributed by atoms with E-state index in [9.17, 15) is 46.2 Å². The van der Waals surface area contributed by atoms with Crippen LogP contribution in [0, 0.1) is 0 Å². The van der Waals surface area contributed by atoms with Gasteiger partial charge >= 0.3 is 37.7 Å². The zero-order chi connectivity index (χ0) is 35.2. The number of hydrazine groups is 2. The molecule has 4 aromatic carbocycles. The number of carboxylic acids is 2. The Morgan fingerprint density at radius 3 is 1.08 bits per heavy atom. The van der Waals surface area contributed by atoms with Gasteiger partial charge < -0.3 is 19.8 Å². The largest absolute Gasteiger partial charge is 2.00 e. The Labute approximate surface area is 312 Å². The Kier molecular flexibility index (Phi) is 16.2. The van der Waals surface area contributed by atoms with Crippen molar-refractivity contribution in [2.24, 2.45) is 0 Å². The molecule has 0 saturated heterocycles. The smallest absolute Gasteiger partial charge is 0.540 e.